The van der Waals surface area contributed by atoms with Crippen LogP contribution in [0.15, 0.2) is 9.52 Å². The van der Waals surface area contributed by atoms with Crippen LogP contribution in [0.3, 0.4) is 0 Å². The van der Waals surface area contributed by atoms with Crippen LogP contribution in [0.5, 0.6) is 0 Å². The number of sulfone groups is 1. The number of nitrogens with one attached hydrogen (secondary N) is 2. The molecule has 0 aliphatic carbocycles. The van der Waals surface area contributed by atoms with Crippen LogP contribution >= 0.6 is 24.0 Å². The molecule has 1 aromatic rings. The average molecular weight is 484 g/mol. The molecule has 1 aliphatic rings. The van der Waals surface area contributed by atoms with E-state index in [1.807, 2.05) is 13.8 Å². The number of rotatable bonds is 7. The molecule has 0 amide bonds. The molecule has 1 fully saturated rings. The van der Waals surface area contributed by atoms with Gasteiger partial charge in [-0.05, 0) is 25.7 Å². The average Bonchev–Trinajstić information content (AvgIpc) is 3.12. The van der Waals surface area contributed by atoms with Crippen LogP contribution in [-0.4, -0.2) is 44.1 Å². The van der Waals surface area contributed by atoms with Gasteiger partial charge in [-0.2, -0.15) is 0 Å². The molecule has 1 aromatic heterocycles. The quantitative estimate of drug-likeness (QED) is 0.349. The van der Waals surface area contributed by atoms with Crippen LogP contribution in [0, 0.1) is 5.92 Å². The van der Waals surface area contributed by atoms with E-state index in [1.54, 1.807) is 0 Å². The van der Waals surface area contributed by atoms with Gasteiger partial charge in [-0.25, -0.2) is 13.4 Å². The maximum Gasteiger partial charge on any atom is 0.191 e. The maximum absolute atomic E-state index is 11.5. The highest BCUT2D eigenvalue weighted by molar-refractivity contribution is 14.0. The van der Waals surface area contributed by atoms with Gasteiger partial charge in [-0.3, -0.25) is 0 Å². The zero-order valence-electron chi connectivity index (χ0n) is 15.2. The number of aromatic nitrogens is 1. The highest BCUT2D eigenvalue weighted by atomic mass is 127. The number of guanidine groups is 1. The third-order valence-corrected chi connectivity index (χ3v) is 6.07. The molecule has 25 heavy (non-hydrogen) atoms. The van der Waals surface area contributed by atoms with E-state index in [9.17, 15) is 8.42 Å². The molecule has 2 N–H and O–H groups in total. The van der Waals surface area contributed by atoms with E-state index in [4.69, 9.17) is 4.52 Å². The fourth-order valence-corrected chi connectivity index (χ4v) is 4.75. The van der Waals surface area contributed by atoms with Crippen molar-refractivity contribution >= 4 is 39.8 Å². The Bertz CT molecular complexity index is 651. The summed E-state index contributed by atoms with van der Waals surface area (Å²) in [5.74, 6) is 2.31. The van der Waals surface area contributed by atoms with Crippen molar-refractivity contribution in [1.29, 1.82) is 0 Å². The molecule has 0 aromatic carbocycles. The molecule has 1 atom stereocenters. The SMILES string of the molecule is CCNC(=NCc1c(CC)noc1CC)NCC1CCS(=O)(=O)C1.I. The molecule has 144 valence electrons. The predicted octanol–water partition coefficient (Wildman–Crippen LogP) is 1.91. The first-order valence-electron chi connectivity index (χ1n) is 8.67. The van der Waals surface area contributed by atoms with E-state index >= 15 is 0 Å². The van der Waals surface area contributed by atoms with Crippen LogP contribution in [0.2, 0.25) is 0 Å². The summed E-state index contributed by atoms with van der Waals surface area (Å²) < 4.78 is 28.5. The Labute approximate surface area is 167 Å². The monoisotopic (exact) mass is 484 g/mol. The molecule has 1 aliphatic heterocycles. The fraction of sp³-hybridized carbons (Fsp3) is 0.750. The second-order valence-corrected chi connectivity index (χ2v) is 8.31. The summed E-state index contributed by atoms with van der Waals surface area (Å²) in [6, 6.07) is 0. The minimum atomic E-state index is -2.84. The number of nitrogens with zero attached hydrogens (tertiary/aromatic N) is 2. The van der Waals surface area contributed by atoms with Crippen LogP contribution in [-0.2, 0) is 29.2 Å². The van der Waals surface area contributed by atoms with E-state index in [0.717, 1.165) is 42.8 Å². The lowest BCUT2D eigenvalue weighted by molar-refractivity contribution is 0.380. The summed E-state index contributed by atoms with van der Waals surface area (Å²) in [6.45, 7) is 7.97. The lowest BCUT2D eigenvalue weighted by Gasteiger charge is -2.14. The van der Waals surface area contributed by atoms with E-state index < -0.39 is 9.84 Å². The zero-order chi connectivity index (χ0) is 17.6. The first-order chi connectivity index (χ1) is 11.5. The van der Waals surface area contributed by atoms with Crippen molar-refractivity contribution in [1.82, 2.24) is 15.8 Å². The standard InChI is InChI=1S/C16H28N4O3S.HI/c1-4-14-13(15(5-2)23-20-14)10-19-16(17-6-3)18-9-12-7-8-24(21,22)11-12;/h12H,4-11H2,1-3H3,(H2,17,18,19);1H. The second-order valence-electron chi connectivity index (χ2n) is 6.08. The Kier molecular flexibility index (Phi) is 9.19. The second kappa shape index (κ2) is 10.3. The van der Waals surface area contributed by atoms with Crippen molar-refractivity contribution in [3.8, 4) is 0 Å². The summed E-state index contributed by atoms with van der Waals surface area (Å²) in [5, 5.41) is 10.6. The molecule has 0 radical (unpaired) electrons. The summed E-state index contributed by atoms with van der Waals surface area (Å²) in [4.78, 5) is 4.62. The first kappa shape index (κ1) is 22.2. The van der Waals surface area contributed by atoms with Crippen molar-refractivity contribution in [2.75, 3.05) is 24.6 Å². The van der Waals surface area contributed by atoms with Gasteiger partial charge in [-0.15, -0.1) is 24.0 Å². The first-order valence-corrected chi connectivity index (χ1v) is 10.5. The molecule has 0 saturated carbocycles. The van der Waals surface area contributed by atoms with Crippen LogP contribution in [0.1, 0.15) is 44.2 Å². The topological polar surface area (TPSA) is 96.6 Å². The lowest BCUT2D eigenvalue weighted by Crippen LogP contribution is -2.40. The van der Waals surface area contributed by atoms with E-state index in [2.05, 4.69) is 27.7 Å². The molecule has 0 spiro atoms. The maximum atomic E-state index is 11.5. The molecule has 0 bridgehead atoms. The Balaban J connectivity index is 0.00000312. The number of aryl methyl sites for hydroxylation is 2. The van der Waals surface area contributed by atoms with Crippen molar-refractivity contribution in [2.45, 2.75) is 46.6 Å². The predicted molar refractivity (Wildman–Crippen MR) is 110 cm³/mol. The normalized spacial score (nSPS) is 19.5. The zero-order valence-corrected chi connectivity index (χ0v) is 18.3. The Morgan fingerprint density at radius 3 is 2.60 bits per heavy atom. The molecule has 1 saturated heterocycles. The van der Waals surface area contributed by atoms with Crippen LogP contribution in [0.4, 0.5) is 0 Å². The van der Waals surface area contributed by atoms with Gasteiger partial charge in [0.25, 0.3) is 0 Å². The van der Waals surface area contributed by atoms with E-state index in [0.29, 0.717) is 24.8 Å². The third-order valence-electron chi connectivity index (χ3n) is 4.23. The third kappa shape index (κ3) is 6.43. The van der Waals surface area contributed by atoms with Gasteiger partial charge in [0.1, 0.15) is 5.76 Å². The van der Waals surface area contributed by atoms with Gasteiger partial charge >= 0.3 is 0 Å². The lowest BCUT2D eigenvalue weighted by atomic mass is 10.1. The number of aliphatic imine (C=N–C) groups is 1. The molecule has 7 nitrogen and oxygen atoms in total. The largest absolute Gasteiger partial charge is 0.361 e. The summed E-state index contributed by atoms with van der Waals surface area (Å²) in [5.41, 5.74) is 2.01. The smallest absolute Gasteiger partial charge is 0.191 e. The fourth-order valence-electron chi connectivity index (χ4n) is 2.89. The number of hydrogen-bond donors (Lipinski definition) is 2. The van der Waals surface area contributed by atoms with Gasteiger partial charge in [-0.1, -0.05) is 19.0 Å². The Hall–Kier alpha value is -0.840. The number of hydrogen-bond acceptors (Lipinski definition) is 5. The minimum Gasteiger partial charge on any atom is -0.361 e. The van der Waals surface area contributed by atoms with Gasteiger partial charge in [0.2, 0.25) is 0 Å². The molecule has 2 rings (SSSR count). The van der Waals surface area contributed by atoms with Crippen molar-refractivity contribution in [3.63, 3.8) is 0 Å². The minimum absolute atomic E-state index is 0. The molecule has 9 heteroatoms. The van der Waals surface area contributed by atoms with Gasteiger partial charge < -0.3 is 15.2 Å². The van der Waals surface area contributed by atoms with Gasteiger partial charge in [0, 0.05) is 25.1 Å². The van der Waals surface area contributed by atoms with Crippen molar-refractivity contribution in [3.05, 3.63) is 17.0 Å². The van der Waals surface area contributed by atoms with Gasteiger partial charge in [0.15, 0.2) is 15.8 Å². The van der Waals surface area contributed by atoms with Crippen LogP contribution < -0.4 is 10.6 Å². The van der Waals surface area contributed by atoms with Crippen molar-refractivity contribution < 1.29 is 12.9 Å². The highest BCUT2D eigenvalue weighted by Crippen LogP contribution is 2.18. The number of halogens is 1. The Morgan fingerprint density at radius 2 is 2.04 bits per heavy atom. The summed E-state index contributed by atoms with van der Waals surface area (Å²) in [7, 11) is -2.84. The van der Waals surface area contributed by atoms with E-state index in [-0.39, 0.29) is 35.6 Å². The van der Waals surface area contributed by atoms with Gasteiger partial charge in [0.05, 0.1) is 23.7 Å². The highest BCUT2D eigenvalue weighted by Gasteiger charge is 2.27. The Morgan fingerprint density at radius 1 is 1.28 bits per heavy atom. The molecule has 2 heterocycles. The summed E-state index contributed by atoms with van der Waals surface area (Å²) >= 11 is 0. The molecular formula is C16H29IN4O3S. The van der Waals surface area contributed by atoms with E-state index in [1.165, 1.54) is 0 Å². The molecular weight excluding hydrogens is 455 g/mol. The summed E-state index contributed by atoms with van der Waals surface area (Å²) in [6.07, 6.45) is 2.33. The van der Waals surface area contributed by atoms with Crippen molar-refractivity contribution in [2.24, 2.45) is 10.9 Å². The molecule has 1 unspecified atom stereocenters. The van der Waals surface area contributed by atoms with Crippen LogP contribution in [0.25, 0.3) is 0 Å².